The third-order valence-electron chi connectivity index (χ3n) is 2.50. The van der Waals surface area contributed by atoms with E-state index in [4.69, 9.17) is 4.74 Å². The Morgan fingerprint density at radius 3 is 2.64 bits per heavy atom. The summed E-state index contributed by atoms with van der Waals surface area (Å²) < 4.78 is 6.89. The van der Waals surface area contributed by atoms with Crippen molar-refractivity contribution in [2.45, 2.75) is 51.0 Å². The Morgan fingerprint density at radius 2 is 1.93 bits per heavy atom. The van der Waals surface area contributed by atoms with Crippen molar-refractivity contribution in [1.29, 1.82) is 0 Å². The zero-order valence-electron chi connectivity index (χ0n) is 8.73. The maximum absolute atomic E-state index is 5.69. The van der Waals surface area contributed by atoms with Crippen molar-refractivity contribution in [2.24, 2.45) is 0 Å². The van der Waals surface area contributed by atoms with Gasteiger partial charge in [-0.3, -0.25) is 0 Å². The van der Waals surface area contributed by atoms with E-state index in [2.05, 4.69) is 34.4 Å². The largest absolute Gasteiger partial charge is 0.366 e. The van der Waals surface area contributed by atoms with Crippen LogP contribution in [-0.2, 0) is 4.74 Å². The monoisotopic (exact) mass is 306 g/mol. The molecule has 0 amide bonds. The molecule has 0 unspecified atom stereocenters. The summed E-state index contributed by atoms with van der Waals surface area (Å²) in [6.45, 7) is 0.645. The fraction of sp³-hybridized carbons (Fsp3) is 0.833. The molecule has 2 heteroatoms. The summed E-state index contributed by atoms with van der Waals surface area (Å²) in [6, 6.07) is 0. The number of unbranched alkanes of at least 4 members (excludes halogenated alkanes) is 1. The van der Waals surface area contributed by atoms with Crippen molar-refractivity contribution in [2.75, 3.05) is 11.0 Å². The summed E-state index contributed by atoms with van der Waals surface area (Å²) in [5, 5.41) is 0. The average Bonchev–Trinajstić information content (AvgIpc) is 2.25. The zero-order chi connectivity index (χ0) is 10.1. The first kappa shape index (κ1) is 12.3. The molecule has 0 atom stereocenters. The van der Waals surface area contributed by atoms with Crippen LogP contribution in [0.25, 0.3) is 0 Å². The van der Waals surface area contributed by atoms with Crippen LogP contribution < -0.4 is 0 Å². The third kappa shape index (κ3) is 5.87. The Bertz CT molecular complexity index is 186. The quantitative estimate of drug-likeness (QED) is 0.334. The minimum atomic E-state index is 0.502. The second kappa shape index (κ2) is 8.55. The molecule has 1 rings (SSSR count). The molecule has 1 fully saturated rings. The molecule has 80 valence electrons. The van der Waals surface area contributed by atoms with Crippen LogP contribution in [0.5, 0.6) is 0 Å². The number of alkyl halides is 1. The number of halogens is 1. The Labute approximate surface area is 101 Å². The van der Waals surface area contributed by atoms with Gasteiger partial charge in [-0.1, -0.05) is 47.8 Å². The Hall–Kier alpha value is 0.250. The van der Waals surface area contributed by atoms with Crippen LogP contribution in [-0.4, -0.2) is 17.1 Å². The lowest BCUT2D eigenvalue weighted by Gasteiger charge is -2.20. The van der Waals surface area contributed by atoms with Gasteiger partial charge in [0.25, 0.3) is 0 Å². The zero-order valence-corrected chi connectivity index (χ0v) is 10.9. The number of hydrogen-bond donors (Lipinski definition) is 0. The fourth-order valence-corrected chi connectivity index (χ4v) is 2.07. The van der Waals surface area contributed by atoms with Crippen molar-refractivity contribution >= 4 is 22.6 Å². The Morgan fingerprint density at radius 1 is 1.14 bits per heavy atom. The lowest BCUT2D eigenvalue weighted by molar-refractivity contribution is 0.0497. The standard InChI is InChI=1S/C12H19IO/c13-10-6-1-2-7-11-14-12-8-4-3-5-9-12/h12H,1,3-6,8-11H2. The maximum Gasteiger partial charge on any atom is 0.108 e. The van der Waals surface area contributed by atoms with E-state index in [0.29, 0.717) is 12.7 Å². The highest BCUT2D eigenvalue weighted by Gasteiger charge is 2.12. The van der Waals surface area contributed by atoms with Crippen molar-refractivity contribution in [1.82, 2.24) is 0 Å². The summed E-state index contributed by atoms with van der Waals surface area (Å²) in [6.07, 6.45) is 9.29. The van der Waals surface area contributed by atoms with Gasteiger partial charge in [-0.25, -0.2) is 0 Å². The van der Waals surface area contributed by atoms with Gasteiger partial charge >= 0.3 is 0 Å². The summed E-state index contributed by atoms with van der Waals surface area (Å²) >= 11 is 2.38. The first-order valence-electron chi connectivity index (χ1n) is 5.57. The molecule has 14 heavy (non-hydrogen) atoms. The second-order valence-electron chi connectivity index (χ2n) is 3.72. The van der Waals surface area contributed by atoms with E-state index in [1.807, 2.05) is 0 Å². The molecule has 0 aromatic carbocycles. The van der Waals surface area contributed by atoms with E-state index in [0.717, 1.165) is 6.42 Å². The highest BCUT2D eigenvalue weighted by Crippen LogP contribution is 2.19. The predicted octanol–water partition coefficient (Wildman–Crippen LogP) is 3.55. The molecule has 0 radical (unpaired) electrons. The summed E-state index contributed by atoms with van der Waals surface area (Å²) in [5.41, 5.74) is 0. The molecular formula is C12H19IO. The molecular weight excluding hydrogens is 287 g/mol. The highest BCUT2D eigenvalue weighted by molar-refractivity contribution is 14.1. The topological polar surface area (TPSA) is 9.23 Å². The van der Waals surface area contributed by atoms with Crippen molar-refractivity contribution in [3.63, 3.8) is 0 Å². The molecule has 1 aliphatic carbocycles. The highest BCUT2D eigenvalue weighted by atomic mass is 127. The lowest BCUT2D eigenvalue weighted by atomic mass is 9.98. The fourth-order valence-electron chi connectivity index (χ4n) is 1.69. The van der Waals surface area contributed by atoms with Gasteiger partial charge in [-0.15, -0.1) is 5.92 Å². The smallest absolute Gasteiger partial charge is 0.108 e. The molecule has 1 nitrogen and oxygen atoms in total. The number of ether oxygens (including phenoxy) is 1. The van der Waals surface area contributed by atoms with Crippen LogP contribution in [0, 0.1) is 11.8 Å². The molecule has 0 spiro atoms. The van der Waals surface area contributed by atoms with Gasteiger partial charge in [0, 0.05) is 10.8 Å². The number of hydrogen-bond acceptors (Lipinski definition) is 1. The van der Waals surface area contributed by atoms with Gasteiger partial charge in [0.05, 0.1) is 6.10 Å². The average molecular weight is 306 g/mol. The molecule has 0 aromatic heterocycles. The Balaban J connectivity index is 1.98. The molecule has 0 saturated heterocycles. The van der Waals surface area contributed by atoms with Crippen molar-refractivity contribution in [3.8, 4) is 11.8 Å². The molecule has 0 aliphatic heterocycles. The lowest BCUT2D eigenvalue weighted by Crippen LogP contribution is -2.16. The molecule has 1 saturated carbocycles. The minimum absolute atomic E-state index is 0.502. The van der Waals surface area contributed by atoms with Crippen molar-refractivity contribution in [3.05, 3.63) is 0 Å². The van der Waals surface area contributed by atoms with Gasteiger partial charge in [-0.2, -0.15) is 0 Å². The van der Waals surface area contributed by atoms with Gasteiger partial charge in [-0.05, 0) is 19.3 Å². The minimum Gasteiger partial charge on any atom is -0.366 e. The normalized spacial score (nSPS) is 17.5. The van der Waals surface area contributed by atoms with Gasteiger partial charge < -0.3 is 4.74 Å². The molecule has 1 aliphatic rings. The predicted molar refractivity (Wildman–Crippen MR) is 68.7 cm³/mol. The van der Waals surface area contributed by atoms with Crippen LogP contribution >= 0.6 is 22.6 Å². The van der Waals surface area contributed by atoms with E-state index in [-0.39, 0.29) is 0 Å². The molecule has 0 N–H and O–H groups in total. The summed E-state index contributed by atoms with van der Waals surface area (Å²) in [5.74, 6) is 6.24. The van der Waals surface area contributed by atoms with E-state index in [1.165, 1.54) is 43.0 Å². The summed E-state index contributed by atoms with van der Waals surface area (Å²) in [4.78, 5) is 0. The second-order valence-corrected chi connectivity index (χ2v) is 4.80. The molecule has 0 bridgehead atoms. The van der Waals surface area contributed by atoms with Crippen LogP contribution in [0.15, 0.2) is 0 Å². The van der Waals surface area contributed by atoms with E-state index < -0.39 is 0 Å². The molecule has 0 aromatic rings. The van der Waals surface area contributed by atoms with E-state index in [1.54, 1.807) is 0 Å². The van der Waals surface area contributed by atoms with Crippen molar-refractivity contribution < 1.29 is 4.74 Å². The van der Waals surface area contributed by atoms with E-state index >= 15 is 0 Å². The first-order valence-corrected chi connectivity index (χ1v) is 7.09. The van der Waals surface area contributed by atoms with Crippen LogP contribution in [0.3, 0.4) is 0 Å². The SMILES string of the molecule is ICCCC#CCOC1CCCCC1. The van der Waals surface area contributed by atoms with E-state index in [9.17, 15) is 0 Å². The Kier molecular flexibility index (Phi) is 7.52. The number of rotatable bonds is 4. The first-order chi connectivity index (χ1) is 6.93. The van der Waals surface area contributed by atoms with Gasteiger partial charge in [0.1, 0.15) is 6.61 Å². The van der Waals surface area contributed by atoms with Crippen LogP contribution in [0.2, 0.25) is 0 Å². The van der Waals surface area contributed by atoms with Crippen LogP contribution in [0.1, 0.15) is 44.9 Å². The van der Waals surface area contributed by atoms with Gasteiger partial charge in [0.2, 0.25) is 0 Å². The summed E-state index contributed by atoms with van der Waals surface area (Å²) in [7, 11) is 0. The third-order valence-corrected chi connectivity index (χ3v) is 3.27. The van der Waals surface area contributed by atoms with Crippen LogP contribution in [0.4, 0.5) is 0 Å². The molecule has 0 heterocycles. The van der Waals surface area contributed by atoms with Gasteiger partial charge in [0.15, 0.2) is 0 Å². The maximum atomic E-state index is 5.69.